The molecule has 0 saturated carbocycles. The van der Waals surface area contributed by atoms with Crippen molar-refractivity contribution in [1.82, 2.24) is 20.2 Å². The van der Waals surface area contributed by atoms with Crippen molar-refractivity contribution in [2.75, 3.05) is 32.8 Å². The van der Waals surface area contributed by atoms with E-state index in [1.165, 1.54) is 22.5 Å². The van der Waals surface area contributed by atoms with Crippen molar-refractivity contribution in [3.63, 3.8) is 0 Å². The first kappa shape index (κ1) is 22.4. The summed E-state index contributed by atoms with van der Waals surface area (Å²) in [6, 6.07) is 12.7. The summed E-state index contributed by atoms with van der Waals surface area (Å²) >= 11 is 3.17. The predicted molar refractivity (Wildman–Crippen MR) is 136 cm³/mol. The number of thiophene rings is 2. The van der Waals surface area contributed by atoms with Crippen LogP contribution >= 0.6 is 22.7 Å². The summed E-state index contributed by atoms with van der Waals surface area (Å²) in [7, 11) is 0. The Labute approximate surface area is 201 Å². The van der Waals surface area contributed by atoms with E-state index < -0.39 is 0 Å². The van der Waals surface area contributed by atoms with E-state index >= 15 is 0 Å². The van der Waals surface area contributed by atoms with E-state index in [0.717, 1.165) is 48.1 Å². The van der Waals surface area contributed by atoms with Crippen LogP contribution in [-0.4, -0.2) is 47.7 Å². The molecule has 3 aromatic heterocycles. The van der Waals surface area contributed by atoms with Crippen LogP contribution in [0.4, 0.5) is 0 Å². The quantitative estimate of drug-likeness (QED) is 0.400. The summed E-state index contributed by atoms with van der Waals surface area (Å²) in [6.07, 6.45) is 0. The molecule has 1 saturated heterocycles. The molecule has 5 rings (SSSR count). The number of ether oxygens (including phenoxy) is 1. The van der Waals surface area contributed by atoms with E-state index in [1.54, 1.807) is 11.3 Å². The Balaban J connectivity index is 1.42. The third-order valence-electron chi connectivity index (χ3n) is 6.13. The van der Waals surface area contributed by atoms with Gasteiger partial charge in [-0.3, -0.25) is 15.0 Å². The Hall–Kier alpha value is -2.36. The van der Waals surface area contributed by atoms with Crippen molar-refractivity contribution in [3.05, 3.63) is 74.5 Å². The number of nitrogens with one attached hydrogen (secondary N) is 2. The largest absolute Gasteiger partial charge is 0.379 e. The van der Waals surface area contributed by atoms with Gasteiger partial charge in [0.05, 0.1) is 24.6 Å². The SMILES string of the molecule is Cc1ccc(C(CN2CCOCC2)NC(C)c2nc3scc(-c4cccs4)c3c(=O)[nH]2)cc1. The Kier molecular flexibility index (Phi) is 6.71. The lowest BCUT2D eigenvalue weighted by Crippen LogP contribution is -2.42. The van der Waals surface area contributed by atoms with E-state index in [0.29, 0.717) is 11.2 Å². The van der Waals surface area contributed by atoms with Gasteiger partial charge in [0.15, 0.2) is 0 Å². The minimum atomic E-state index is -0.110. The number of aromatic nitrogens is 2. The number of aryl methyl sites for hydroxylation is 1. The van der Waals surface area contributed by atoms with E-state index in [-0.39, 0.29) is 17.6 Å². The van der Waals surface area contributed by atoms with Crippen LogP contribution < -0.4 is 10.9 Å². The Morgan fingerprint density at radius 1 is 1.18 bits per heavy atom. The normalized spacial score (nSPS) is 16.8. The van der Waals surface area contributed by atoms with Crippen LogP contribution in [0.25, 0.3) is 20.7 Å². The van der Waals surface area contributed by atoms with Crippen LogP contribution in [0.2, 0.25) is 0 Å². The highest BCUT2D eigenvalue weighted by molar-refractivity contribution is 7.18. The fourth-order valence-electron chi connectivity index (χ4n) is 4.26. The van der Waals surface area contributed by atoms with E-state index in [1.807, 2.05) is 22.9 Å². The Morgan fingerprint density at radius 2 is 1.97 bits per heavy atom. The minimum absolute atomic E-state index is 0.0756. The first-order valence-corrected chi connectivity index (χ1v) is 13.0. The maximum atomic E-state index is 13.1. The molecule has 0 radical (unpaired) electrons. The average Bonchev–Trinajstić information content (AvgIpc) is 3.50. The maximum absolute atomic E-state index is 13.1. The van der Waals surface area contributed by atoms with Gasteiger partial charge in [-0.15, -0.1) is 22.7 Å². The number of fused-ring (bicyclic) bond motifs is 1. The molecule has 1 aromatic carbocycles. The first-order valence-electron chi connectivity index (χ1n) is 11.3. The molecular formula is C25H28N4O2S2. The number of benzene rings is 1. The average molecular weight is 481 g/mol. The van der Waals surface area contributed by atoms with Gasteiger partial charge in [-0.25, -0.2) is 4.98 Å². The molecule has 0 amide bonds. The molecule has 33 heavy (non-hydrogen) atoms. The zero-order valence-electron chi connectivity index (χ0n) is 18.8. The van der Waals surface area contributed by atoms with Gasteiger partial charge < -0.3 is 9.72 Å². The highest BCUT2D eigenvalue weighted by atomic mass is 32.1. The summed E-state index contributed by atoms with van der Waals surface area (Å²) in [6.45, 7) is 8.45. The summed E-state index contributed by atoms with van der Waals surface area (Å²) in [5, 5.41) is 8.48. The van der Waals surface area contributed by atoms with Crippen molar-refractivity contribution in [2.24, 2.45) is 0 Å². The third kappa shape index (κ3) is 4.95. The van der Waals surface area contributed by atoms with Gasteiger partial charge in [0.2, 0.25) is 0 Å². The molecule has 1 aliphatic heterocycles. The lowest BCUT2D eigenvalue weighted by molar-refractivity contribution is 0.0328. The van der Waals surface area contributed by atoms with Crippen LogP contribution in [0.3, 0.4) is 0 Å². The van der Waals surface area contributed by atoms with Gasteiger partial charge in [-0.05, 0) is 30.9 Å². The van der Waals surface area contributed by atoms with Gasteiger partial charge in [-0.1, -0.05) is 35.9 Å². The van der Waals surface area contributed by atoms with Crippen LogP contribution in [-0.2, 0) is 4.74 Å². The topological polar surface area (TPSA) is 70.2 Å². The van der Waals surface area contributed by atoms with Crippen LogP contribution in [0.1, 0.15) is 36.0 Å². The summed E-state index contributed by atoms with van der Waals surface area (Å²) in [5.74, 6) is 0.672. The van der Waals surface area contributed by atoms with E-state index in [2.05, 4.69) is 53.3 Å². The molecule has 172 valence electrons. The molecule has 8 heteroatoms. The van der Waals surface area contributed by atoms with E-state index in [4.69, 9.17) is 9.72 Å². The van der Waals surface area contributed by atoms with Gasteiger partial charge >= 0.3 is 0 Å². The molecule has 2 N–H and O–H groups in total. The molecule has 6 nitrogen and oxygen atoms in total. The molecule has 1 aliphatic rings. The van der Waals surface area contributed by atoms with Crippen molar-refractivity contribution >= 4 is 32.9 Å². The Bertz CT molecular complexity index is 1260. The van der Waals surface area contributed by atoms with Gasteiger partial charge in [0.25, 0.3) is 5.56 Å². The molecule has 4 heterocycles. The number of nitrogens with zero attached hydrogens (tertiary/aromatic N) is 2. The molecule has 2 unspecified atom stereocenters. The lowest BCUT2D eigenvalue weighted by atomic mass is 10.0. The molecule has 0 bridgehead atoms. The molecule has 4 aromatic rings. The highest BCUT2D eigenvalue weighted by Crippen LogP contribution is 2.34. The number of rotatable bonds is 7. The third-order valence-corrected chi connectivity index (χ3v) is 7.91. The second kappa shape index (κ2) is 9.87. The zero-order chi connectivity index (χ0) is 22.8. The second-order valence-electron chi connectivity index (χ2n) is 8.52. The number of aromatic amines is 1. The van der Waals surface area contributed by atoms with Crippen LogP contribution in [0, 0.1) is 6.92 Å². The molecule has 2 atom stereocenters. The highest BCUT2D eigenvalue weighted by Gasteiger charge is 2.22. The van der Waals surface area contributed by atoms with Crippen LogP contribution in [0.15, 0.2) is 52.0 Å². The number of hydrogen-bond donors (Lipinski definition) is 2. The maximum Gasteiger partial charge on any atom is 0.260 e. The summed E-state index contributed by atoms with van der Waals surface area (Å²) in [4.78, 5) is 25.3. The fraction of sp³-hybridized carbons (Fsp3) is 0.360. The predicted octanol–water partition coefficient (Wildman–Crippen LogP) is 4.75. The van der Waals surface area contributed by atoms with Crippen molar-refractivity contribution in [1.29, 1.82) is 0 Å². The van der Waals surface area contributed by atoms with Crippen molar-refractivity contribution in [3.8, 4) is 10.4 Å². The standard InChI is InChI=1S/C25H28N4O2S2/c1-16-5-7-18(8-6-16)20(14-29-9-11-31-12-10-29)26-17(2)23-27-24(30)22-19(15-33-25(22)28-23)21-4-3-13-32-21/h3-8,13,15,17,20,26H,9-12,14H2,1-2H3,(H,27,28,30). The van der Waals surface area contributed by atoms with E-state index in [9.17, 15) is 4.79 Å². The van der Waals surface area contributed by atoms with Crippen LogP contribution in [0.5, 0.6) is 0 Å². The molecular weight excluding hydrogens is 452 g/mol. The second-order valence-corrected chi connectivity index (χ2v) is 10.3. The molecule has 0 aliphatic carbocycles. The number of hydrogen-bond acceptors (Lipinski definition) is 7. The summed E-state index contributed by atoms with van der Waals surface area (Å²) in [5.41, 5.74) is 3.37. The van der Waals surface area contributed by atoms with Crippen molar-refractivity contribution in [2.45, 2.75) is 25.9 Å². The number of H-pyrrole nitrogens is 1. The molecule has 0 spiro atoms. The minimum Gasteiger partial charge on any atom is -0.379 e. The Morgan fingerprint density at radius 3 is 2.70 bits per heavy atom. The first-order chi connectivity index (χ1) is 16.1. The lowest BCUT2D eigenvalue weighted by Gasteiger charge is -2.32. The fourth-order valence-corrected chi connectivity index (χ4v) is 6.03. The monoisotopic (exact) mass is 480 g/mol. The van der Waals surface area contributed by atoms with Crippen molar-refractivity contribution < 1.29 is 4.74 Å². The van der Waals surface area contributed by atoms with Gasteiger partial charge in [0, 0.05) is 41.5 Å². The molecule has 1 fully saturated rings. The van der Waals surface area contributed by atoms with Gasteiger partial charge in [0.1, 0.15) is 10.7 Å². The summed E-state index contributed by atoms with van der Waals surface area (Å²) < 4.78 is 5.53. The zero-order valence-corrected chi connectivity index (χ0v) is 20.5. The van der Waals surface area contributed by atoms with Gasteiger partial charge in [-0.2, -0.15) is 0 Å². The number of morpholine rings is 1. The smallest absolute Gasteiger partial charge is 0.260 e.